The van der Waals surface area contributed by atoms with E-state index < -0.39 is 11.9 Å². The predicted octanol–water partition coefficient (Wildman–Crippen LogP) is -0.536. The Bertz CT molecular complexity index is 193. The van der Waals surface area contributed by atoms with Crippen LogP contribution in [0, 0.1) is 0 Å². The second-order valence-corrected chi connectivity index (χ2v) is 1.79. The molecule has 0 spiro atoms. The van der Waals surface area contributed by atoms with Crippen molar-refractivity contribution in [2.24, 2.45) is 0 Å². The molecule has 0 unspecified atom stereocenters. The zero-order valence-corrected chi connectivity index (χ0v) is 5.65. The molecule has 0 rings (SSSR count). The number of carbonyl (C=O) groups is 2. The van der Waals surface area contributed by atoms with E-state index in [1.54, 1.807) is 0 Å². The lowest BCUT2D eigenvalue weighted by Gasteiger charge is -1.95. The quantitative estimate of drug-likeness (QED) is 0.480. The molecule has 3 N–H and O–H groups in total. The van der Waals surface area contributed by atoms with Crippen LogP contribution in [0.2, 0.25) is 0 Å². The van der Waals surface area contributed by atoms with Crippen molar-refractivity contribution in [1.29, 1.82) is 0 Å². The van der Waals surface area contributed by atoms with Gasteiger partial charge < -0.3 is 15.3 Å². The number of hydrogen-bond acceptors (Lipinski definition) is 3. The molecule has 5 nitrogen and oxygen atoms in total. The van der Waals surface area contributed by atoms with Crippen LogP contribution in [0.5, 0.6) is 0 Å². The maximum absolute atomic E-state index is 10.2. The van der Waals surface area contributed by atoms with E-state index in [4.69, 9.17) is 15.3 Å². The molecule has 0 bridgehead atoms. The van der Waals surface area contributed by atoms with Crippen LogP contribution >= 0.6 is 0 Å². The Morgan fingerprint density at radius 1 is 1.27 bits per heavy atom. The van der Waals surface area contributed by atoms with E-state index in [2.05, 4.69) is 0 Å². The van der Waals surface area contributed by atoms with Gasteiger partial charge in [0.2, 0.25) is 0 Å². The van der Waals surface area contributed by atoms with Gasteiger partial charge in [-0.25, -0.2) is 9.59 Å². The van der Waals surface area contributed by atoms with Crippen molar-refractivity contribution in [3.63, 3.8) is 0 Å². The number of rotatable bonds is 4. The topological polar surface area (TPSA) is 94.8 Å². The Balaban J connectivity index is 4.32. The molecular formula is C6H8O5. The van der Waals surface area contributed by atoms with Crippen molar-refractivity contribution in [3.05, 3.63) is 11.6 Å². The van der Waals surface area contributed by atoms with Crippen LogP contribution in [0.25, 0.3) is 0 Å². The molecule has 0 aromatic heterocycles. The molecule has 0 aliphatic rings. The van der Waals surface area contributed by atoms with E-state index in [1.165, 1.54) is 0 Å². The summed E-state index contributed by atoms with van der Waals surface area (Å²) in [7, 11) is 0. The summed E-state index contributed by atoms with van der Waals surface area (Å²) in [5, 5.41) is 24.7. The summed E-state index contributed by atoms with van der Waals surface area (Å²) >= 11 is 0. The van der Waals surface area contributed by atoms with Crippen molar-refractivity contribution >= 4 is 11.9 Å². The summed E-state index contributed by atoms with van der Waals surface area (Å²) in [6.07, 6.45) is 0.417. The van der Waals surface area contributed by atoms with Gasteiger partial charge in [-0.3, -0.25) is 0 Å². The van der Waals surface area contributed by atoms with Gasteiger partial charge in [-0.15, -0.1) is 0 Å². The van der Waals surface area contributed by atoms with Crippen LogP contribution in [0.3, 0.4) is 0 Å². The fraction of sp³-hybridized carbons (Fsp3) is 0.333. The second-order valence-electron chi connectivity index (χ2n) is 1.79. The van der Waals surface area contributed by atoms with Gasteiger partial charge >= 0.3 is 11.9 Å². The molecule has 5 heteroatoms. The van der Waals surface area contributed by atoms with E-state index in [1.807, 2.05) is 0 Å². The molecule has 0 heterocycles. The highest BCUT2D eigenvalue weighted by atomic mass is 16.4. The molecule has 0 saturated carbocycles. The minimum absolute atomic E-state index is 0.151. The molecule has 0 aliphatic heterocycles. The van der Waals surface area contributed by atoms with Crippen LogP contribution in [0.15, 0.2) is 11.6 Å². The van der Waals surface area contributed by atoms with Crippen molar-refractivity contribution in [3.8, 4) is 0 Å². The molecule has 0 saturated heterocycles. The third-order valence-corrected chi connectivity index (χ3v) is 0.954. The normalized spacial score (nSPS) is 11.2. The van der Waals surface area contributed by atoms with Gasteiger partial charge in [0, 0.05) is 24.7 Å². The average Bonchev–Trinajstić information content (AvgIpc) is 1.86. The zero-order valence-electron chi connectivity index (χ0n) is 5.65. The average molecular weight is 160 g/mol. The standard InChI is InChI=1S/C6H8O5/c7-2-1-4(6(10)11)3-5(8)9/h3,7H,1-2H2,(H,8,9)(H,10,11)/b4-3+. The first-order valence-electron chi connectivity index (χ1n) is 2.85. The Morgan fingerprint density at radius 2 is 1.82 bits per heavy atom. The molecule has 0 aromatic rings. The highest BCUT2D eigenvalue weighted by molar-refractivity contribution is 5.94. The Kier molecular flexibility index (Phi) is 3.90. The van der Waals surface area contributed by atoms with Crippen molar-refractivity contribution < 1.29 is 24.9 Å². The largest absolute Gasteiger partial charge is 0.478 e. The maximum atomic E-state index is 10.2. The van der Waals surface area contributed by atoms with Crippen molar-refractivity contribution in [2.45, 2.75) is 6.42 Å². The second kappa shape index (κ2) is 4.45. The first-order valence-corrected chi connectivity index (χ1v) is 2.85. The third kappa shape index (κ3) is 4.10. The Hall–Kier alpha value is -1.36. The SMILES string of the molecule is O=C(O)/C=C(\CCO)C(=O)O. The van der Waals surface area contributed by atoms with E-state index in [0.29, 0.717) is 6.08 Å². The monoisotopic (exact) mass is 160 g/mol. The van der Waals surface area contributed by atoms with Crippen LogP contribution in [-0.2, 0) is 9.59 Å². The molecular weight excluding hydrogens is 152 g/mol. The molecule has 0 fully saturated rings. The van der Waals surface area contributed by atoms with Gasteiger partial charge in [0.1, 0.15) is 0 Å². The fourth-order valence-corrected chi connectivity index (χ4v) is 0.510. The zero-order chi connectivity index (χ0) is 8.85. The summed E-state index contributed by atoms with van der Waals surface area (Å²) in [5.41, 5.74) is -0.306. The summed E-state index contributed by atoms with van der Waals surface area (Å²) in [4.78, 5) is 20.1. The van der Waals surface area contributed by atoms with E-state index in [-0.39, 0.29) is 18.6 Å². The Labute approximate surface area is 62.6 Å². The molecule has 0 radical (unpaired) electrons. The van der Waals surface area contributed by atoms with Gasteiger partial charge in [-0.2, -0.15) is 0 Å². The summed E-state index contributed by atoms with van der Waals surface area (Å²) in [6.45, 7) is -0.370. The minimum Gasteiger partial charge on any atom is -0.478 e. The molecule has 62 valence electrons. The first kappa shape index (κ1) is 9.64. The summed E-state index contributed by atoms with van der Waals surface area (Å²) in [6, 6.07) is 0. The van der Waals surface area contributed by atoms with Crippen LogP contribution in [0.4, 0.5) is 0 Å². The van der Waals surface area contributed by atoms with E-state index in [9.17, 15) is 9.59 Å². The fourth-order valence-electron chi connectivity index (χ4n) is 0.510. The molecule has 11 heavy (non-hydrogen) atoms. The maximum Gasteiger partial charge on any atom is 0.331 e. The van der Waals surface area contributed by atoms with Crippen LogP contribution < -0.4 is 0 Å². The van der Waals surface area contributed by atoms with Crippen LogP contribution in [-0.4, -0.2) is 33.9 Å². The Morgan fingerprint density at radius 3 is 2.09 bits per heavy atom. The molecule has 0 aromatic carbocycles. The van der Waals surface area contributed by atoms with E-state index >= 15 is 0 Å². The highest BCUT2D eigenvalue weighted by Gasteiger charge is 2.07. The number of aliphatic hydroxyl groups is 1. The van der Waals surface area contributed by atoms with Crippen LogP contribution in [0.1, 0.15) is 6.42 Å². The third-order valence-electron chi connectivity index (χ3n) is 0.954. The van der Waals surface area contributed by atoms with Gasteiger partial charge in [-0.1, -0.05) is 0 Å². The lowest BCUT2D eigenvalue weighted by Crippen LogP contribution is -2.05. The lowest BCUT2D eigenvalue weighted by molar-refractivity contribution is -0.135. The number of carboxylic acids is 2. The highest BCUT2D eigenvalue weighted by Crippen LogP contribution is 1.99. The molecule has 0 amide bonds. The number of aliphatic carboxylic acids is 2. The number of aliphatic hydroxyl groups excluding tert-OH is 1. The summed E-state index contributed by atoms with van der Waals surface area (Å²) < 4.78 is 0. The van der Waals surface area contributed by atoms with E-state index in [0.717, 1.165) is 0 Å². The van der Waals surface area contributed by atoms with Crippen molar-refractivity contribution in [1.82, 2.24) is 0 Å². The molecule has 0 aliphatic carbocycles. The van der Waals surface area contributed by atoms with Gasteiger partial charge in [0.15, 0.2) is 0 Å². The van der Waals surface area contributed by atoms with Crippen molar-refractivity contribution in [2.75, 3.05) is 6.61 Å². The van der Waals surface area contributed by atoms with Gasteiger partial charge in [0.05, 0.1) is 0 Å². The predicted molar refractivity (Wildman–Crippen MR) is 35.1 cm³/mol. The number of hydrogen-bond donors (Lipinski definition) is 3. The number of carboxylic acid groups (broad SMARTS) is 2. The lowest BCUT2D eigenvalue weighted by atomic mass is 10.2. The van der Waals surface area contributed by atoms with Gasteiger partial charge in [0.25, 0.3) is 0 Å². The smallest absolute Gasteiger partial charge is 0.331 e. The first-order chi connectivity index (χ1) is 5.07. The van der Waals surface area contributed by atoms with Gasteiger partial charge in [-0.05, 0) is 0 Å². The molecule has 0 atom stereocenters. The minimum atomic E-state index is -1.32. The summed E-state index contributed by atoms with van der Waals surface area (Å²) in [5.74, 6) is -2.64.